The van der Waals surface area contributed by atoms with Crippen molar-refractivity contribution in [3.8, 4) is 0 Å². The Labute approximate surface area is 124 Å². The molecule has 103 valence electrons. The lowest BCUT2D eigenvalue weighted by Gasteiger charge is -2.12. The van der Waals surface area contributed by atoms with E-state index in [0.717, 1.165) is 12.8 Å². The number of hydrogen-bond acceptors (Lipinski definition) is 0. The van der Waals surface area contributed by atoms with Crippen LogP contribution in [0.4, 0.5) is 0 Å². The predicted molar refractivity (Wildman–Crippen MR) is 92.9 cm³/mol. The third-order valence-corrected chi connectivity index (χ3v) is 3.26. The second-order valence-corrected chi connectivity index (χ2v) is 4.86. The van der Waals surface area contributed by atoms with Gasteiger partial charge in [0.25, 0.3) is 0 Å². The summed E-state index contributed by atoms with van der Waals surface area (Å²) >= 11 is 0. The first-order chi connectivity index (χ1) is 9.71. The van der Waals surface area contributed by atoms with E-state index < -0.39 is 0 Å². The summed E-state index contributed by atoms with van der Waals surface area (Å²) in [6.07, 6.45) is 21.2. The molecule has 0 saturated carbocycles. The van der Waals surface area contributed by atoms with Crippen LogP contribution >= 0.6 is 0 Å². The Morgan fingerprint density at radius 3 is 2.90 bits per heavy atom. The highest BCUT2D eigenvalue weighted by molar-refractivity contribution is 6.43. The summed E-state index contributed by atoms with van der Waals surface area (Å²) in [5.74, 6) is 0.429. The van der Waals surface area contributed by atoms with Gasteiger partial charge in [-0.15, -0.1) is 12.1 Å². The molecule has 1 atom stereocenters. The smallest absolute Gasteiger partial charge is 0.115 e. The summed E-state index contributed by atoms with van der Waals surface area (Å²) in [4.78, 5) is 0. The molecule has 0 saturated heterocycles. The van der Waals surface area contributed by atoms with Crippen molar-refractivity contribution in [1.82, 2.24) is 0 Å². The number of rotatable bonds is 6. The average molecular weight is 263 g/mol. The molecule has 1 aliphatic rings. The minimum atomic E-state index is 0.429. The second kappa shape index (κ2) is 9.20. The van der Waals surface area contributed by atoms with E-state index in [1.807, 2.05) is 19.8 Å². The molecule has 0 nitrogen and oxygen atoms in total. The Morgan fingerprint density at radius 1 is 1.45 bits per heavy atom. The van der Waals surface area contributed by atoms with Gasteiger partial charge in [0.1, 0.15) is 7.28 Å². The van der Waals surface area contributed by atoms with E-state index in [1.54, 1.807) is 0 Å². The molecule has 0 aromatic rings. The third-order valence-electron chi connectivity index (χ3n) is 3.26. The van der Waals surface area contributed by atoms with E-state index in [1.165, 1.54) is 16.6 Å². The molecule has 0 bridgehead atoms. The van der Waals surface area contributed by atoms with Crippen molar-refractivity contribution in [3.63, 3.8) is 0 Å². The maximum atomic E-state index is 4.06. The van der Waals surface area contributed by atoms with Crippen LogP contribution in [0.1, 0.15) is 19.8 Å². The van der Waals surface area contributed by atoms with E-state index in [4.69, 9.17) is 0 Å². The van der Waals surface area contributed by atoms with Crippen LogP contribution in [-0.4, -0.2) is 7.28 Å². The van der Waals surface area contributed by atoms with Crippen molar-refractivity contribution < 1.29 is 0 Å². The lowest BCUT2D eigenvalue weighted by atomic mass is 9.70. The minimum Gasteiger partial charge on any atom is -0.115 e. The molecular formula is C19H24B. The normalized spacial score (nSPS) is 19.4. The summed E-state index contributed by atoms with van der Waals surface area (Å²) < 4.78 is 0. The molecule has 0 N–H and O–H groups in total. The highest BCUT2D eigenvalue weighted by atomic mass is 14.1. The Hall–Kier alpha value is -1.76. The van der Waals surface area contributed by atoms with Crippen LogP contribution < -0.4 is 0 Å². The molecular weight excluding hydrogens is 239 g/mol. The average Bonchev–Trinajstić information content (AvgIpc) is 2.42. The summed E-state index contributed by atoms with van der Waals surface area (Å²) in [6.45, 7) is 11.9. The molecule has 0 aromatic carbocycles. The van der Waals surface area contributed by atoms with Gasteiger partial charge in [-0.3, -0.25) is 0 Å². The van der Waals surface area contributed by atoms with Gasteiger partial charge in [-0.25, -0.2) is 0 Å². The molecule has 0 spiro atoms. The molecule has 0 fully saturated rings. The topological polar surface area (TPSA) is 0 Å². The van der Waals surface area contributed by atoms with Crippen molar-refractivity contribution >= 4 is 7.28 Å². The van der Waals surface area contributed by atoms with Crippen LogP contribution in [-0.2, 0) is 0 Å². The highest BCUT2D eigenvalue weighted by Crippen LogP contribution is 2.21. The number of hydrogen-bond donors (Lipinski definition) is 0. The minimum absolute atomic E-state index is 0.429. The van der Waals surface area contributed by atoms with Crippen LogP contribution in [0.25, 0.3) is 0 Å². The largest absolute Gasteiger partial charge is 0.141 e. The van der Waals surface area contributed by atoms with Crippen molar-refractivity contribution in [1.29, 1.82) is 0 Å². The van der Waals surface area contributed by atoms with Gasteiger partial charge >= 0.3 is 0 Å². The first kappa shape index (κ1) is 16.3. The first-order valence-electron chi connectivity index (χ1n) is 7.19. The molecule has 20 heavy (non-hydrogen) atoms. The Bertz CT molecular complexity index is 484. The first-order valence-corrected chi connectivity index (χ1v) is 7.19. The summed E-state index contributed by atoms with van der Waals surface area (Å²) in [7, 11) is 2.08. The molecule has 1 radical (unpaired) electrons. The van der Waals surface area contributed by atoms with Crippen LogP contribution in [0.2, 0.25) is 6.82 Å². The van der Waals surface area contributed by atoms with Crippen LogP contribution in [0, 0.1) is 5.92 Å². The molecule has 0 heterocycles. The molecule has 1 unspecified atom stereocenters. The zero-order valence-corrected chi connectivity index (χ0v) is 12.7. The van der Waals surface area contributed by atoms with E-state index in [9.17, 15) is 0 Å². The van der Waals surface area contributed by atoms with Gasteiger partial charge in [0.2, 0.25) is 0 Å². The zero-order chi connectivity index (χ0) is 14.8. The molecule has 1 rings (SSSR count). The summed E-state index contributed by atoms with van der Waals surface area (Å²) in [5, 5.41) is 0. The molecule has 1 aliphatic carbocycles. The summed E-state index contributed by atoms with van der Waals surface area (Å²) in [5.41, 5.74) is 3.64. The highest BCUT2D eigenvalue weighted by Gasteiger charge is 2.05. The summed E-state index contributed by atoms with van der Waals surface area (Å²) in [6, 6.07) is 0. The van der Waals surface area contributed by atoms with Gasteiger partial charge in [-0.2, -0.15) is 0 Å². The van der Waals surface area contributed by atoms with E-state index in [-0.39, 0.29) is 0 Å². The van der Waals surface area contributed by atoms with Gasteiger partial charge in [0.05, 0.1) is 0 Å². The van der Waals surface area contributed by atoms with Gasteiger partial charge in [0.15, 0.2) is 0 Å². The zero-order valence-electron chi connectivity index (χ0n) is 12.7. The maximum Gasteiger partial charge on any atom is 0.141 e. The Kier molecular flexibility index (Phi) is 7.50. The predicted octanol–water partition coefficient (Wildman–Crippen LogP) is 5.39. The lowest BCUT2D eigenvalue weighted by molar-refractivity contribution is 0.816. The maximum absolute atomic E-state index is 4.06. The fourth-order valence-corrected chi connectivity index (χ4v) is 2.13. The lowest BCUT2D eigenvalue weighted by Crippen LogP contribution is -1.99. The van der Waals surface area contributed by atoms with Crippen molar-refractivity contribution in [2.45, 2.75) is 26.6 Å². The monoisotopic (exact) mass is 263 g/mol. The molecule has 0 aliphatic heterocycles. The van der Waals surface area contributed by atoms with Crippen LogP contribution in [0.3, 0.4) is 0 Å². The molecule has 0 aromatic heterocycles. The van der Waals surface area contributed by atoms with E-state index in [2.05, 4.69) is 69.0 Å². The van der Waals surface area contributed by atoms with Crippen molar-refractivity contribution in [3.05, 3.63) is 84.5 Å². The van der Waals surface area contributed by atoms with Gasteiger partial charge in [0, 0.05) is 0 Å². The fourth-order valence-electron chi connectivity index (χ4n) is 2.13. The van der Waals surface area contributed by atoms with Gasteiger partial charge in [-0.1, -0.05) is 68.1 Å². The molecule has 0 amide bonds. The fraction of sp³-hybridized carbons (Fsp3) is 0.263. The van der Waals surface area contributed by atoms with Crippen molar-refractivity contribution in [2.75, 3.05) is 0 Å². The van der Waals surface area contributed by atoms with Crippen LogP contribution in [0.15, 0.2) is 84.5 Å². The third kappa shape index (κ3) is 5.48. The van der Waals surface area contributed by atoms with Gasteiger partial charge in [-0.05, 0) is 36.8 Å². The number of allylic oxidation sites excluding steroid dienone is 12. The Morgan fingerprint density at radius 2 is 2.25 bits per heavy atom. The second-order valence-electron chi connectivity index (χ2n) is 4.86. The van der Waals surface area contributed by atoms with E-state index >= 15 is 0 Å². The molecule has 1 heteroatoms. The van der Waals surface area contributed by atoms with Gasteiger partial charge < -0.3 is 0 Å². The standard InChI is InChI=1S/C19H24B/c1-5-9-18(10-6-2)19-12-8-7-11-17(13-14-19)15-16(3)20-4/h5-7,9-14,17H,1,3,8,15H2,2,4H3/b10-6-,11-7?,14-13?,18-9+,19-12?. The quantitative estimate of drug-likeness (QED) is 0.342. The van der Waals surface area contributed by atoms with Crippen molar-refractivity contribution in [2.24, 2.45) is 5.92 Å². The van der Waals surface area contributed by atoms with E-state index in [0.29, 0.717) is 5.92 Å². The van der Waals surface area contributed by atoms with Crippen LogP contribution in [0.5, 0.6) is 0 Å². The SMILES string of the molecule is C=C/C=C(\C=C/C)C1=CCC=CC(CC(=C)[B]C)C=C1. The Balaban J connectivity index is 2.93.